The van der Waals surface area contributed by atoms with Gasteiger partial charge in [-0.25, -0.2) is 15.0 Å². The van der Waals surface area contributed by atoms with Crippen molar-refractivity contribution in [2.45, 2.75) is 13.8 Å². The van der Waals surface area contributed by atoms with E-state index in [2.05, 4.69) is 30.9 Å². The Hall–Kier alpha value is -1.29. The number of nitrogens with zero attached hydrogens (tertiary/aromatic N) is 3. The van der Waals surface area contributed by atoms with Crippen LogP contribution in [0.1, 0.15) is 11.6 Å². The molecule has 2 rings (SSSR count). The van der Waals surface area contributed by atoms with Crippen LogP contribution in [0.2, 0.25) is 0 Å². The first-order valence-electron chi connectivity index (χ1n) is 4.61. The first-order chi connectivity index (χ1) is 7.16. The molecule has 0 N–H and O–H groups in total. The van der Waals surface area contributed by atoms with E-state index in [1.165, 1.54) is 0 Å². The maximum absolute atomic E-state index is 4.31. The zero-order chi connectivity index (χ0) is 10.8. The molecule has 0 aliphatic rings. The van der Waals surface area contributed by atoms with Crippen molar-refractivity contribution in [3.63, 3.8) is 0 Å². The van der Waals surface area contributed by atoms with E-state index in [1.54, 1.807) is 0 Å². The monoisotopic (exact) mass is 263 g/mol. The molecule has 4 heteroatoms. The average Bonchev–Trinajstić information content (AvgIpc) is 2.16. The summed E-state index contributed by atoms with van der Waals surface area (Å²) in [4.78, 5) is 12.8. The third kappa shape index (κ3) is 2.21. The molecule has 0 spiro atoms. The zero-order valence-electron chi connectivity index (χ0n) is 8.53. The maximum atomic E-state index is 4.31. The summed E-state index contributed by atoms with van der Waals surface area (Å²) in [6.45, 7) is 3.74. The van der Waals surface area contributed by atoms with Gasteiger partial charge in [0.25, 0.3) is 0 Å². The predicted molar refractivity (Wildman–Crippen MR) is 62.4 cm³/mol. The normalized spacial score (nSPS) is 10.3. The zero-order valence-corrected chi connectivity index (χ0v) is 10.1. The van der Waals surface area contributed by atoms with Crippen molar-refractivity contribution in [3.05, 3.63) is 40.4 Å². The molecule has 0 bridgehead atoms. The molecule has 0 atom stereocenters. The number of hydrogen-bond acceptors (Lipinski definition) is 3. The van der Waals surface area contributed by atoms with E-state index in [-0.39, 0.29) is 0 Å². The van der Waals surface area contributed by atoms with Gasteiger partial charge in [0.15, 0.2) is 5.82 Å². The molecule has 0 saturated heterocycles. The van der Waals surface area contributed by atoms with E-state index < -0.39 is 0 Å². The molecular formula is C11H10BrN3. The Balaban J connectivity index is 2.59. The molecule has 3 nitrogen and oxygen atoms in total. The second-order valence-corrected chi connectivity index (χ2v) is 4.09. The van der Waals surface area contributed by atoms with Gasteiger partial charge in [0.2, 0.25) is 0 Å². The van der Waals surface area contributed by atoms with Crippen molar-refractivity contribution in [1.82, 2.24) is 15.0 Å². The largest absolute Gasteiger partial charge is 0.219 e. The van der Waals surface area contributed by atoms with Gasteiger partial charge in [-0.1, -0.05) is 34.1 Å². The molecule has 0 saturated carbocycles. The van der Waals surface area contributed by atoms with Gasteiger partial charge in [-0.05, 0) is 19.9 Å². The SMILES string of the molecule is Cc1nc(C)nc(-c2ccccc2Br)n1. The Morgan fingerprint density at radius 1 is 0.933 bits per heavy atom. The summed E-state index contributed by atoms with van der Waals surface area (Å²) in [5.41, 5.74) is 0.992. The van der Waals surface area contributed by atoms with Crippen molar-refractivity contribution in [3.8, 4) is 11.4 Å². The van der Waals surface area contributed by atoms with Gasteiger partial charge in [-0.15, -0.1) is 0 Å². The molecule has 0 unspecified atom stereocenters. The minimum atomic E-state index is 0.715. The lowest BCUT2D eigenvalue weighted by Gasteiger charge is -2.04. The van der Waals surface area contributed by atoms with Gasteiger partial charge < -0.3 is 0 Å². The van der Waals surface area contributed by atoms with E-state index in [1.807, 2.05) is 38.1 Å². The van der Waals surface area contributed by atoms with E-state index in [0.29, 0.717) is 5.82 Å². The molecule has 0 aliphatic carbocycles. The predicted octanol–water partition coefficient (Wildman–Crippen LogP) is 2.92. The van der Waals surface area contributed by atoms with E-state index in [0.717, 1.165) is 21.7 Å². The highest BCUT2D eigenvalue weighted by molar-refractivity contribution is 9.10. The summed E-state index contributed by atoms with van der Waals surface area (Å²) >= 11 is 3.48. The lowest BCUT2D eigenvalue weighted by atomic mass is 10.2. The Labute approximate surface area is 96.7 Å². The minimum absolute atomic E-state index is 0.715. The topological polar surface area (TPSA) is 38.7 Å². The molecular weight excluding hydrogens is 254 g/mol. The molecule has 15 heavy (non-hydrogen) atoms. The highest BCUT2D eigenvalue weighted by Crippen LogP contribution is 2.24. The van der Waals surface area contributed by atoms with E-state index in [9.17, 15) is 0 Å². The third-order valence-corrected chi connectivity index (χ3v) is 2.67. The number of halogens is 1. The van der Waals surface area contributed by atoms with Crippen LogP contribution in [0.4, 0.5) is 0 Å². The van der Waals surface area contributed by atoms with Crippen LogP contribution in [-0.4, -0.2) is 15.0 Å². The van der Waals surface area contributed by atoms with Crippen molar-refractivity contribution in [1.29, 1.82) is 0 Å². The van der Waals surface area contributed by atoms with Crippen LogP contribution in [0.3, 0.4) is 0 Å². The molecule has 0 fully saturated rings. The summed E-state index contributed by atoms with van der Waals surface area (Å²) in [7, 11) is 0. The molecule has 1 heterocycles. The highest BCUT2D eigenvalue weighted by atomic mass is 79.9. The Morgan fingerprint density at radius 3 is 2.13 bits per heavy atom. The van der Waals surface area contributed by atoms with Crippen LogP contribution in [-0.2, 0) is 0 Å². The lowest BCUT2D eigenvalue weighted by molar-refractivity contribution is 0.928. The lowest BCUT2D eigenvalue weighted by Crippen LogP contribution is -1.98. The third-order valence-electron chi connectivity index (χ3n) is 1.97. The van der Waals surface area contributed by atoms with Crippen LogP contribution < -0.4 is 0 Å². The van der Waals surface area contributed by atoms with Crippen LogP contribution in [0.25, 0.3) is 11.4 Å². The summed E-state index contributed by atoms with van der Waals surface area (Å²) in [6, 6.07) is 7.89. The molecule has 76 valence electrons. The van der Waals surface area contributed by atoms with Gasteiger partial charge in [0, 0.05) is 10.0 Å². The van der Waals surface area contributed by atoms with Crippen molar-refractivity contribution in [2.24, 2.45) is 0 Å². The summed E-state index contributed by atoms with van der Waals surface area (Å²) < 4.78 is 0.995. The number of hydrogen-bond donors (Lipinski definition) is 0. The van der Waals surface area contributed by atoms with Gasteiger partial charge in [0.05, 0.1) is 0 Å². The first kappa shape index (κ1) is 10.2. The standard InChI is InChI=1S/C11H10BrN3/c1-7-13-8(2)15-11(14-7)9-5-3-4-6-10(9)12/h3-6H,1-2H3. The molecule has 0 amide bonds. The number of rotatable bonds is 1. The molecule has 2 aromatic rings. The molecule has 1 aromatic carbocycles. The van der Waals surface area contributed by atoms with Crippen LogP contribution in [0.15, 0.2) is 28.7 Å². The van der Waals surface area contributed by atoms with E-state index in [4.69, 9.17) is 0 Å². The number of aryl methyl sites for hydroxylation is 2. The average molecular weight is 264 g/mol. The maximum Gasteiger partial charge on any atom is 0.164 e. The summed E-state index contributed by atoms with van der Waals surface area (Å²) in [6.07, 6.45) is 0. The number of benzene rings is 1. The fourth-order valence-electron chi connectivity index (χ4n) is 1.38. The highest BCUT2D eigenvalue weighted by Gasteiger charge is 2.06. The first-order valence-corrected chi connectivity index (χ1v) is 5.40. The Kier molecular flexibility index (Phi) is 2.77. The van der Waals surface area contributed by atoms with Crippen LogP contribution in [0.5, 0.6) is 0 Å². The number of aromatic nitrogens is 3. The fraction of sp³-hybridized carbons (Fsp3) is 0.182. The van der Waals surface area contributed by atoms with Gasteiger partial charge in [-0.2, -0.15) is 0 Å². The molecule has 1 aromatic heterocycles. The quantitative estimate of drug-likeness (QED) is 0.794. The minimum Gasteiger partial charge on any atom is -0.219 e. The van der Waals surface area contributed by atoms with Crippen molar-refractivity contribution < 1.29 is 0 Å². The molecule has 0 aliphatic heterocycles. The van der Waals surface area contributed by atoms with Gasteiger partial charge in [-0.3, -0.25) is 0 Å². The van der Waals surface area contributed by atoms with Gasteiger partial charge >= 0.3 is 0 Å². The van der Waals surface area contributed by atoms with E-state index >= 15 is 0 Å². The second kappa shape index (κ2) is 4.06. The van der Waals surface area contributed by atoms with Crippen molar-refractivity contribution >= 4 is 15.9 Å². The smallest absolute Gasteiger partial charge is 0.164 e. The van der Waals surface area contributed by atoms with Crippen LogP contribution in [0, 0.1) is 13.8 Å². The van der Waals surface area contributed by atoms with Crippen LogP contribution >= 0.6 is 15.9 Å². The summed E-state index contributed by atoms with van der Waals surface area (Å²) in [5, 5.41) is 0. The Bertz CT molecular complexity index is 477. The Morgan fingerprint density at radius 2 is 1.53 bits per heavy atom. The van der Waals surface area contributed by atoms with Crippen molar-refractivity contribution in [2.75, 3.05) is 0 Å². The van der Waals surface area contributed by atoms with Gasteiger partial charge in [0.1, 0.15) is 11.6 Å². The second-order valence-electron chi connectivity index (χ2n) is 3.23. The fourth-order valence-corrected chi connectivity index (χ4v) is 1.84. The summed E-state index contributed by atoms with van der Waals surface area (Å²) in [5.74, 6) is 2.20. The molecule has 0 radical (unpaired) electrons.